The number of ether oxygens (including phenoxy) is 1. The fraction of sp³-hybridized carbons (Fsp3) is 0.800. The average molecular weight is 247 g/mol. The predicted molar refractivity (Wildman–Crippen MR) is 55.7 cm³/mol. The molecule has 1 rings (SSSR count). The summed E-state index contributed by atoms with van der Waals surface area (Å²) < 4.78 is 5.47. The third-order valence-electron chi connectivity index (χ3n) is 2.46. The molecule has 0 amide bonds. The van der Waals surface area contributed by atoms with Crippen LogP contribution in [0.15, 0.2) is 0 Å². The van der Waals surface area contributed by atoms with Crippen LogP contribution in [-0.2, 0) is 4.74 Å². The summed E-state index contributed by atoms with van der Waals surface area (Å²) in [5, 5.41) is 9.13. The van der Waals surface area contributed by atoms with Gasteiger partial charge in [0.25, 0.3) is 0 Å². The van der Waals surface area contributed by atoms with Crippen LogP contribution in [0.1, 0.15) is 19.3 Å². The SMILES string of the molecule is C#CCOC1CCC(Br)CC1CO. The molecule has 3 atom stereocenters. The summed E-state index contributed by atoms with van der Waals surface area (Å²) in [6.07, 6.45) is 8.33. The molecular weight excluding hydrogens is 232 g/mol. The van der Waals surface area contributed by atoms with E-state index in [9.17, 15) is 0 Å². The van der Waals surface area contributed by atoms with Crippen LogP contribution in [0.5, 0.6) is 0 Å². The lowest BCUT2D eigenvalue weighted by molar-refractivity contribution is -0.0121. The maximum Gasteiger partial charge on any atom is 0.107 e. The van der Waals surface area contributed by atoms with Crippen LogP contribution in [0.2, 0.25) is 0 Å². The van der Waals surface area contributed by atoms with Gasteiger partial charge >= 0.3 is 0 Å². The van der Waals surface area contributed by atoms with Gasteiger partial charge in [-0.15, -0.1) is 6.42 Å². The van der Waals surface area contributed by atoms with Crippen LogP contribution < -0.4 is 0 Å². The molecular formula is C10H15BrO2. The zero-order valence-electron chi connectivity index (χ0n) is 7.58. The Morgan fingerprint density at radius 2 is 2.31 bits per heavy atom. The predicted octanol–water partition coefficient (Wildman–Crippen LogP) is 1.56. The number of rotatable bonds is 3. The first kappa shape index (κ1) is 11.0. The monoisotopic (exact) mass is 246 g/mol. The molecule has 3 heteroatoms. The molecule has 0 aromatic heterocycles. The van der Waals surface area contributed by atoms with Gasteiger partial charge in [-0.25, -0.2) is 0 Å². The van der Waals surface area contributed by atoms with Crippen molar-refractivity contribution in [3.63, 3.8) is 0 Å². The third kappa shape index (κ3) is 3.30. The maximum absolute atomic E-state index is 9.13. The number of aliphatic hydroxyl groups excluding tert-OH is 1. The van der Waals surface area contributed by atoms with Crippen LogP contribution in [0.25, 0.3) is 0 Å². The Kier molecular flexibility index (Phi) is 4.79. The Morgan fingerprint density at radius 1 is 1.54 bits per heavy atom. The minimum Gasteiger partial charge on any atom is -0.396 e. The van der Waals surface area contributed by atoms with Crippen LogP contribution in [0.4, 0.5) is 0 Å². The summed E-state index contributed by atoms with van der Waals surface area (Å²) >= 11 is 3.56. The van der Waals surface area contributed by atoms with Gasteiger partial charge < -0.3 is 9.84 Å². The van der Waals surface area contributed by atoms with E-state index in [-0.39, 0.29) is 18.6 Å². The van der Waals surface area contributed by atoms with Crippen LogP contribution in [-0.4, -0.2) is 29.3 Å². The largest absolute Gasteiger partial charge is 0.396 e. The zero-order chi connectivity index (χ0) is 9.68. The molecule has 0 bridgehead atoms. The van der Waals surface area contributed by atoms with Crippen LogP contribution >= 0.6 is 15.9 Å². The molecule has 13 heavy (non-hydrogen) atoms. The topological polar surface area (TPSA) is 29.5 Å². The second kappa shape index (κ2) is 5.64. The number of aliphatic hydroxyl groups is 1. The molecule has 0 spiro atoms. The van der Waals surface area contributed by atoms with Crippen molar-refractivity contribution >= 4 is 15.9 Å². The highest BCUT2D eigenvalue weighted by atomic mass is 79.9. The van der Waals surface area contributed by atoms with Crippen molar-refractivity contribution in [2.75, 3.05) is 13.2 Å². The van der Waals surface area contributed by atoms with E-state index < -0.39 is 0 Å². The molecule has 0 aliphatic heterocycles. The highest BCUT2D eigenvalue weighted by molar-refractivity contribution is 9.09. The van der Waals surface area contributed by atoms with E-state index in [0.717, 1.165) is 19.3 Å². The molecule has 3 unspecified atom stereocenters. The number of terminal acetylenes is 1. The quantitative estimate of drug-likeness (QED) is 0.605. The van der Waals surface area contributed by atoms with E-state index >= 15 is 0 Å². The molecule has 0 radical (unpaired) electrons. The zero-order valence-corrected chi connectivity index (χ0v) is 9.16. The van der Waals surface area contributed by atoms with E-state index in [1.807, 2.05) is 0 Å². The molecule has 0 heterocycles. The van der Waals surface area contributed by atoms with Gasteiger partial charge in [0, 0.05) is 17.4 Å². The summed E-state index contributed by atoms with van der Waals surface area (Å²) in [6, 6.07) is 0. The lowest BCUT2D eigenvalue weighted by Crippen LogP contribution is -2.34. The lowest BCUT2D eigenvalue weighted by atomic mass is 9.87. The summed E-state index contributed by atoms with van der Waals surface area (Å²) in [7, 11) is 0. The second-order valence-electron chi connectivity index (χ2n) is 3.41. The first-order valence-electron chi connectivity index (χ1n) is 4.58. The molecule has 0 saturated heterocycles. The minimum atomic E-state index is 0.148. The van der Waals surface area contributed by atoms with Crippen LogP contribution in [0, 0.1) is 18.3 Å². The molecule has 1 fully saturated rings. The Bertz CT molecular complexity index is 188. The second-order valence-corrected chi connectivity index (χ2v) is 4.70. The van der Waals surface area contributed by atoms with Gasteiger partial charge in [0.15, 0.2) is 0 Å². The summed E-state index contributed by atoms with van der Waals surface area (Å²) in [5.41, 5.74) is 0. The van der Waals surface area contributed by atoms with Crippen molar-refractivity contribution in [2.24, 2.45) is 5.92 Å². The Labute approximate surface area is 87.8 Å². The third-order valence-corrected chi connectivity index (χ3v) is 3.30. The molecule has 1 saturated carbocycles. The number of hydrogen-bond donors (Lipinski definition) is 1. The molecule has 1 aliphatic rings. The Morgan fingerprint density at radius 3 is 2.92 bits per heavy atom. The summed E-state index contributed by atoms with van der Waals surface area (Å²) in [5.74, 6) is 2.70. The normalized spacial score (nSPS) is 34.1. The standard InChI is InChI=1S/C10H15BrO2/c1-2-5-13-10-4-3-9(11)6-8(10)7-12/h1,8-10,12H,3-7H2. The number of halogens is 1. The fourth-order valence-electron chi connectivity index (χ4n) is 1.75. The highest BCUT2D eigenvalue weighted by Crippen LogP contribution is 2.30. The smallest absolute Gasteiger partial charge is 0.107 e. The molecule has 0 aromatic rings. The van der Waals surface area contributed by atoms with Gasteiger partial charge in [-0.1, -0.05) is 21.9 Å². The molecule has 1 N–H and O–H groups in total. The fourth-order valence-corrected chi connectivity index (χ4v) is 2.49. The van der Waals surface area contributed by atoms with Crippen molar-refractivity contribution < 1.29 is 9.84 Å². The minimum absolute atomic E-state index is 0.148. The van der Waals surface area contributed by atoms with Crippen molar-refractivity contribution in [3.8, 4) is 12.3 Å². The van der Waals surface area contributed by atoms with Crippen molar-refractivity contribution in [2.45, 2.75) is 30.2 Å². The lowest BCUT2D eigenvalue weighted by Gasteiger charge is -2.32. The average Bonchev–Trinajstić information content (AvgIpc) is 2.16. The van der Waals surface area contributed by atoms with Gasteiger partial charge in [0.1, 0.15) is 6.61 Å². The van der Waals surface area contributed by atoms with Gasteiger partial charge in [0.05, 0.1) is 6.10 Å². The summed E-state index contributed by atoms with van der Waals surface area (Å²) in [6.45, 7) is 0.547. The first-order valence-corrected chi connectivity index (χ1v) is 5.49. The maximum atomic E-state index is 9.13. The van der Waals surface area contributed by atoms with Crippen molar-refractivity contribution in [1.29, 1.82) is 0 Å². The van der Waals surface area contributed by atoms with Crippen LogP contribution in [0.3, 0.4) is 0 Å². The Hall–Kier alpha value is -0.0400. The summed E-state index contributed by atoms with van der Waals surface area (Å²) in [4.78, 5) is 0.523. The van der Waals surface area contributed by atoms with E-state index in [1.54, 1.807) is 0 Å². The van der Waals surface area contributed by atoms with E-state index in [0.29, 0.717) is 11.4 Å². The van der Waals surface area contributed by atoms with Gasteiger partial charge in [-0.05, 0) is 19.3 Å². The van der Waals surface area contributed by atoms with E-state index in [4.69, 9.17) is 16.3 Å². The number of alkyl halides is 1. The van der Waals surface area contributed by atoms with Gasteiger partial charge in [0.2, 0.25) is 0 Å². The van der Waals surface area contributed by atoms with Gasteiger partial charge in [-0.2, -0.15) is 0 Å². The number of hydrogen-bond acceptors (Lipinski definition) is 2. The molecule has 2 nitrogen and oxygen atoms in total. The highest BCUT2D eigenvalue weighted by Gasteiger charge is 2.29. The molecule has 74 valence electrons. The van der Waals surface area contributed by atoms with Gasteiger partial charge in [-0.3, -0.25) is 0 Å². The van der Waals surface area contributed by atoms with E-state index in [2.05, 4.69) is 21.9 Å². The molecule has 1 aliphatic carbocycles. The molecule has 0 aromatic carbocycles. The Balaban J connectivity index is 2.39. The van der Waals surface area contributed by atoms with Crippen molar-refractivity contribution in [3.05, 3.63) is 0 Å². The van der Waals surface area contributed by atoms with Crippen molar-refractivity contribution in [1.82, 2.24) is 0 Å². The van der Waals surface area contributed by atoms with E-state index in [1.165, 1.54) is 0 Å². The first-order chi connectivity index (χ1) is 6.27.